The van der Waals surface area contributed by atoms with Crippen molar-refractivity contribution in [3.05, 3.63) is 16.8 Å². The molecule has 0 radical (unpaired) electrons. The van der Waals surface area contributed by atoms with Gasteiger partial charge in [0, 0.05) is 0 Å². The predicted molar refractivity (Wildman–Crippen MR) is 73.0 cm³/mol. The lowest BCUT2D eigenvalue weighted by molar-refractivity contribution is 0.240. The van der Waals surface area contributed by atoms with E-state index in [4.69, 9.17) is 4.74 Å². The lowest BCUT2D eigenvalue weighted by Crippen LogP contribution is -2.12. The average molecular weight is 259 g/mol. The molecule has 0 bridgehead atoms. The van der Waals surface area contributed by atoms with E-state index in [-0.39, 0.29) is 0 Å². The second kappa shape index (κ2) is 6.51. The Morgan fingerprint density at radius 3 is 2.53 bits per heavy atom. The van der Waals surface area contributed by atoms with Gasteiger partial charge in [0.15, 0.2) is 0 Å². The van der Waals surface area contributed by atoms with Crippen molar-refractivity contribution >= 4 is 0 Å². The third-order valence-corrected chi connectivity index (χ3v) is 3.86. The maximum Gasteiger partial charge on any atom is 0.251 e. The van der Waals surface area contributed by atoms with Crippen molar-refractivity contribution in [2.75, 3.05) is 6.61 Å². The Kier molecular flexibility index (Phi) is 4.73. The lowest BCUT2D eigenvalue weighted by atomic mass is 10.0. The number of aryl methyl sites for hydroxylation is 1. The molecule has 1 aliphatic rings. The first-order valence-electron chi connectivity index (χ1n) is 7.21. The summed E-state index contributed by atoms with van der Waals surface area (Å²) in [6.45, 7) is 4.74. The van der Waals surface area contributed by atoms with Gasteiger partial charge in [-0.25, -0.2) is 0 Å². The minimum atomic E-state index is 0.420. The number of nitrogens with zero attached hydrogens (tertiary/aromatic N) is 3. The van der Waals surface area contributed by atoms with E-state index in [2.05, 4.69) is 16.3 Å². The Balaban J connectivity index is 2.17. The van der Waals surface area contributed by atoms with E-state index in [0.717, 1.165) is 24.1 Å². The average Bonchev–Trinajstić information content (AvgIpc) is 2.96. The monoisotopic (exact) mass is 259 g/mol. The summed E-state index contributed by atoms with van der Waals surface area (Å²) < 4.78 is 5.76. The van der Waals surface area contributed by atoms with Crippen LogP contribution in [-0.2, 0) is 12.8 Å². The summed E-state index contributed by atoms with van der Waals surface area (Å²) in [6.07, 6.45) is 6.63. The first-order valence-corrected chi connectivity index (χ1v) is 7.21. The van der Waals surface area contributed by atoms with Crippen molar-refractivity contribution in [1.82, 2.24) is 10.2 Å². The van der Waals surface area contributed by atoms with Gasteiger partial charge in [-0.3, -0.25) is 0 Å². The van der Waals surface area contributed by atoms with E-state index in [9.17, 15) is 5.26 Å². The van der Waals surface area contributed by atoms with E-state index >= 15 is 0 Å². The van der Waals surface area contributed by atoms with Crippen molar-refractivity contribution in [1.29, 1.82) is 5.26 Å². The largest absolute Gasteiger partial charge is 0.475 e. The molecule has 19 heavy (non-hydrogen) atoms. The highest BCUT2D eigenvalue weighted by Crippen LogP contribution is 2.27. The van der Waals surface area contributed by atoms with Gasteiger partial charge in [-0.05, 0) is 37.2 Å². The Bertz CT molecular complexity index is 473. The van der Waals surface area contributed by atoms with Gasteiger partial charge in [-0.15, -0.1) is 5.10 Å². The molecule has 4 nitrogen and oxygen atoms in total. The van der Waals surface area contributed by atoms with Crippen molar-refractivity contribution in [3.8, 4) is 11.9 Å². The Morgan fingerprint density at radius 2 is 1.95 bits per heavy atom. The van der Waals surface area contributed by atoms with Crippen molar-refractivity contribution in [2.45, 2.75) is 52.4 Å². The fourth-order valence-corrected chi connectivity index (χ4v) is 2.74. The molecule has 0 aromatic carbocycles. The maximum atomic E-state index is 9.34. The SMILES string of the molecule is CCc1nnc(OCC2CCCC2)c(C#N)c1CC. The minimum absolute atomic E-state index is 0.420. The van der Waals surface area contributed by atoms with E-state index in [1.807, 2.05) is 13.8 Å². The molecule has 1 saturated carbocycles. The smallest absolute Gasteiger partial charge is 0.251 e. The zero-order valence-electron chi connectivity index (χ0n) is 11.8. The molecule has 1 heterocycles. The Hall–Kier alpha value is -1.63. The summed E-state index contributed by atoms with van der Waals surface area (Å²) in [4.78, 5) is 0. The summed E-state index contributed by atoms with van der Waals surface area (Å²) in [5.41, 5.74) is 2.47. The van der Waals surface area contributed by atoms with Gasteiger partial charge < -0.3 is 4.74 Å². The van der Waals surface area contributed by atoms with Gasteiger partial charge >= 0.3 is 0 Å². The number of aromatic nitrogens is 2. The van der Waals surface area contributed by atoms with Crippen LogP contribution in [0.2, 0.25) is 0 Å². The van der Waals surface area contributed by atoms with Gasteiger partial charge in [0.2, 0.25) is 0 Å². The lowest BCUT2D eigenvalue weighted by Gasteiger charge is -2.13. The van der Waals surface area contributed by atoms with Crippen LogP contribution in [0.5, 0.6) is 5.88 Å². The molecule has 1 aliphatic carbocycles. The van der Waals surface area contributed by atoms with Crippen LogP contribution >= 0.6 is 0 Å². The molecule has 4 heteroatoms. The molecule has 0 N–H and O–H groups in total. The number of nitriles is 1. The molecule has 0 atom stereocenters. The first kappa shape index (κ1) is 13.8. The summed E-state index contributed by atoms with van der Waals surface area (Å²) in [6, 6.07) is 2.24. The second-order valence-electron chi connectivity index (χ2n) is 5.09. The van der Waals surface area contributed by atoms with Gasteiger partial charge in [0.05, 0.1) is 12.3 Å². The molecular weight excluding hydrogens is 238 g/mol. The van der Waals surface area contributed by atoms with Crippen LogP contribution in [-0.4, -0.2) is 16.8 Å². The minimum Gasteiger partial charge on any atom is -0.475 e. The third-order valence-electron chi connectivity index (χ3n) is 3.86. The summed E-state index contributed by atoms with van der Waals surface area (Å²) >= 11 is 0. The Morgan fingerprint density at radius 1 is 1.21 bits per heavy atom. The van der Waals surface area contributed by atoms with Crippen LogP contribution < -0.4 is 4.74 Å². The molecule has 102 valence electrons. The van der Waals surface area contributed by atoms with Crippen LogP contribution in [0.4, 0.5) is 0 Å². The van der Waals surface area contributed by atoms with Crippen molar-refractivity contribution in [2.24, 2.45) is 5.92 Å². The van der Waals surface area contributed by atoms with E-state index in [0.29, 0.717) is 24.0 Å². The van der Waals surface area contributed by atoms with Gasteiger partial charge in [-0.1, -0.05) is 26.7 Å². The zero-order valence-corrected chi connectivity index (χ0v) is 11.8. The standard InChI is InChI=1S/C15H21N3O/c1-3-12-13(9-16)15(18-17-14(12)4-2)19-10-11-7-5-6-8-11/h11H,3-8,10H2,1-2H3. The molecule has 0 spiro atoms. The van der Waals surface area contributed by atoms with E-state index < -0.39 is 0 Å². The highest BCUT2D eigenvalue weighted by molar-refractivity contribution is 5.46. The van der Waals surface area contributed by atoms with Crippen LogP contribution in [0.25, 0.3) is 0 Å². The topological polar surface area (TPSA) is 58.8 Å². The van der Waals surface area contributed by atoms with Gasteiger partial charge in [-0.2, -0.15) is 10.4 Å². The number of hydrogen-bond donors (Lipinski definition) is 0. The van der Waals surface area contributed by atoms with Gasteiger partial charge in [0.1, 0.15) is 11.6 Å². The van der Waals surface area contributed by atoms with Gasteiger partial charge in [0.25, 0.3) is 5.88 Å². The third kappa shape index (κ3) is 3.04. The van der Waals surface area contributed by atoms with Crippen molar-refractivity contribution < 1.29 is 4.74 Å². The maximum absolute atomic E-state index is 9.34. The number of hydrogen-bond acceptors (Lipinski definition) is 4. The molecule has 0 amide bonds. The first-order chi connectivity index (χ1) is 9.30. The number of rotatable bonds is 5. The summed E-state index contributed by atoms with van der Waals surface area (Å²) in [7, 11) is 0. The molecule has 2 rings (SSSR count). The Labute approximate surface area is 114 Å². The molecule has 0 saturated heterocycles. The molecule has 1 aromatic heterocycles. The zero-order chi connectivity index (χ0) is 13.7. The summed E-state index contributed by atoms with van der Waals surface area (Å²) in [5.74, 6) is 1.03. The molecule has 1 fully saturated rings. The predicted octanol–water partition coefficient (Wildman–Crippen LogP) is 3.04. The number of ether oxygens (including phenoxy) is 1. The molecule has 0 unspecified atom stereocenters. The quantitative estimate of drug-likeness (QED) is 0.815. The van der Waals surface area contributed by atoms with Crippen LogP contribution in [0.15, 0.2) is 0 Å². The fourth-order valence-electron chi connectivity index (χ4n) is 2.74. The van der Waals surface area contributed by atoms with Crippen LogP contribution in [0.3, 0.4) is 0 Å². The highest BCUT2D eigenvalue weighted by Gasteiger charge is 2.19. The second-order valence-corrected chi connectivity index (χ2v) is 5.09. The van der Waals surface area contributed by atoms with Crippen LogP contribution in [0, 0.1) is 17.2 Å². The highest BCUT2D eigenvalue weighted by atomic mass is 16.5. The molecule has 0 aliphatic heterocycles. The van der Waals surface area contributed by atoms with Crippen molar-refractivity contribution in [3.63, 3.8) is 0 Å². The summed E-state index contributed by atoms with van der Waals surface area (Å²) in [5, 5.41) is 17.6. The molecule has 1 aromatic rings. The fraction of sp³-hybridized carbons (Fsp3) is 0.667. The van der Waals surface area contributed by atoms with E-state index in [1.165, 1.54) is 25.7 Å². The van der Waals surface area contributed by atoms with Crippen LogP contribution in [0.1, 0.15) is 56.4 Å². The normalized spacial score (nSPS) is 15.4. The van der Waals surface area contributed by atoms with E-state index in [1.54, 1.807) is 0 Å². The molecular formula is C15H21N3O.